The fourth-order valence-electron chi connectivity index (χ4n) is 2.95. The number of carbonyl (C=O) groups is 1. The highest BCUT2D eigenvalue weighted by atomic mass is 32.1. The molecule has 1 amide bonds. The molecule has 3 rings (SSSR count). The van der Waals surface area contributed by atoms with Crippen LogP contribution >= 0.6 is 11.3 Å². The molecule has 1 heterocycles. The summed E-state index contributed by atoms with van der Waals surface area (Å²) >= 11 is 1.60. The van der Waals surface area contributed by atoms with Gasteiger partial charge in [-0.05, 0) is 49.1 Å². The minimum atomic E-state index is -0.124. The monoisotopic (exact) mass is 380 g/mol. The van der Waals surface area contributed by atoms with Crippen LogP contribution in [0.4, 0.5) is 5.69 Å². The van der Waals surface area contributed by atoms with Crippen molar-refractivity contribution in [2.75, 3.05) is 5.32 Å². The first-order valence-corrected chi connectivity index (χ1v) is 10.0. The summed E-state index contributed by atoms with van der Waals surface area (Å²) < 4.78 is 5.80. The molecule has 3 aromatic rings. The number of rotatable bonds is 7. The normalized spacial score (nSPS) is 10.6. The van der Waals surface area contributed by atoms with Crippen LogP contribution in [0.5, 0.6) is 5.75 Å². The van der Waals surface area contributed by atoms with Gasteiger partial charge in [0.1, 0.15) is 12.4 Å². The fraction of sp³-hybridized carbons (Fsp3) is 0.273. The van der Waals surface area contributed by atoms with Gasteiger partial charge in [0.15, 0.2) is 0 Å². The Bertz CT molecular complexity index is 911. The van der Waals surface area contributed by atoms with Gasteiger partial charge in [-0.3, -0.25) is 4.79 Å². The van der Waals surface area contributed by atoms with E-state index in [-0.39, 0.29) is 5.91 Å². The van der Waals surface area contributed by atoms with E-state index in [9.17, 15) is 4.79 Å². The molecular weight excluding hydrogens is 356 g/mol. The number of benzene rings is 2. The van der Waals surface area contributed by atoms with Crippen LogP contribution in [0, 0.1) is 6.92 Å². The van der Waals surface area contributed by atoms with E-state index in [1.54, 1.807) is 23.5 Å². The summed E-state index contributed by atoms with van der Waals surface area (Å²) in [4.78, 5) is 17.2. The van der Waals surface area contributed by atoms with E-state index in [1.165, 1.54) is 0 Å². The Morgan fingerprint density at radius 3 is 2.44 bits per heavy atom. The number of para-hydroxylation sites is 1. The Morgan fingerprint density at radius 2 is 1.81 bits per heavy atom. The van der Waals surface area contributed by atoms with Crippen molar-refractivity contribution < 1.29 is 9.53 Å². The maximum Gasteiger partial charge on any atom is 0.255 e. The lowest BCUT2D eigenvalue weighted by atomic mass is 10.0. The first-order chi connectivity index (χ1) is 13.1. The second-order valence-electron chi connectivity index (χ2n) is 6.29. The Labute approximate surface area is 164 Å². The maximum atomic E-state index is 12.8. The molecule has 0 radical (unpaired) electrons. The SMILES string of the molecule is CCc1cccc(CC)c1NC(=O)c1cccc(OCc2csc(C)n2)c1. The van der Waals surface area contributed by atoms with Crippen molar-refractivity contribution in [3.05, 3.63) is 75.2 Å². The predicted molar refractivity (Wildman–Crippen MR) is 111 cm³/mol. The Hall–Kier alpha value is -2.66. The summed E-state index contributed by atoms with van der Waals surface area (Å²) in [5.41, 5.74) is 4.70. The van der Waals surface area contributed by atoms with Gasteiger partial charge in [-0.1, -0.05) is 38.1 Å². The highest BCUT2D eigenvalue weighted by Gasteiger charge is 2.12. The second-order valence-corrected chi connectivity index (χ2v) is 7.35. The van der Waals surface area contributed by atoms with Crippen molar-refractivity contribution in [1.29, 1.82) is 0 Å². The zero-order valence-corrected chi connectivity index (χ0v) is 16.7. The van der Waals surface area contributed by atoms with E-state index in [4.69, 9.17) is 4.74 Å². The number of hydrogen-bond donors (Lipinski definition) is 1. The third-order valence-electron chi connectivity index (χ3n) is 4.39. The minimum Gasteiger partial charge on any atom is -0.487 e. The number of nitrogens with zero attached hydrogens (tertiary/aromatic N) is 1. The molecular formula is C22H24N2O2S. The van der Waals surface area contributed by atoms with Crippen LogP contribution in [0.15, 0.2) is 47.8 Å². The highest BCUT2D eigenvalue weighted by Crippen LogP contribution is 2.24. The summed E-state index contributed by atoms with van der Waals surface area (Å²) in [6, 6.07) is 13.4. The number of carbonyl (C=O) groups excluding carboxylic acids is 1. The lowest BCUT2D eigenvalue weighted by Gasteiger charge is -2.15. The van der Waals surface area contributed by atoms with Crippen molar-refractivity contribution in [2.45, 2.75) is 40.2 Å². The third kappa shape index (κ3) is 4.74. The average Bonchev–Trinajstić information content (AvgIpc) is 3.12. The van der Waals surface area contributed by atoms with E-state index in [2.05, 4.69) is 36.3 Å². The van der Waals surface area contributed by atoms with Crippen LogP contribution in [-0.2, 0) is 19.4 Å². The molecule has 0 aliphatic heterocycles. The van der Waals surface area contributed by atoms with Gasteiger partial charge < -0.3 is 10.1 Å². The largest absolute Gasteiger partial charge is 0.487 e. The molecule has 2 aromatic carbocycles. The summed E-state index contributed by atoms with van der Waals surface area (Å²) in [5, 5.41) is 6.10. The lowest BCUT2D eigenvalue weighted by molar-refractivity contribution is 0.102. The molecule has 0 fully saturated rings. The zero-order valence-electron chi connectivity index (χ0n) is 15.9. The molecule has 1 aromatic heterocycles. The molecule has 0 saturated heterocycles. The highest BCUT2D eigenvalue weighted by molar-refractivity contribution is 7.09. The molecule has 27 heavy (non-hydrogen) atoms. The van der Waals surface area contributed by atoms with E-state index >= 15 is 0 Å². The summed E-state index contributed by atoms with van der Waals surface area (Å²) in [6.07, 6.45) is 1.75. The number of nitrogens with one attached hydrogen (secondary N) is 1. The standard InChI is InChI=1S/C22H24N2O2S/c1-4-16-8-6-9-17(5-2)21(16)24-22(25)18-10-7-11-20(12-18)26-13-19-14-27-15(3)23-19/h6-12,14H,4-5,13H2,1-3H3,(H,24,25). The minimum absolute atomic E-state index is 0.124. The number of ether oxygens (including phenoxy) is 1. The summed E-state index contributed by atoms with van der Waals surface area (Å²) in [7, 11) is 0. The Balaban J connectivity index is 1.74. The lowest BCUT2D eigenvalue weighted by Crippen LogP contribution is -2.15. The molecule has 0 bridgehead atoms. The van der Waals surface area contributed by atoms with E-state index in [1.807, 2.05) is 30.5 Å². The predicted octanol–water partition coefficient (Wildman–Crippen LogP) is 5.41. The zero-order chi connectivity index (χ0) is 19.2. The first-order valence-electron chi connectivity index (χ1n) is 9.16. The van der Waals surface area contributed by atoms with Gasteiger partial charge in [0.25, 0.3) is 5.91 Å². The molecule has 0 spiro atoms. The number of anilines is 1. The molecule has 0 aliphatic rings. The van der Waals surface area contributed by atoms with Crippen LogP contribution in [-0.4, -0.2) is 10.9 Å². The number of amides is 1. The van der Waals surface area contributed by atoms with Crippen LogP contribution in [0.1, 0.15) is 46.0 Å². The van der Waals surface area contributed by atoms with Gasteiger partial charge in [-0.2, -0.15) is 0 Å². The van der Waals surface area contributed by atoms with Crippen molar-refractivity contribution >= 4 is 22.9 Å². The van der Waals surface area contributed by atoms with Gasteiger partial charge in [-0.25, -0.2) is 4.98 Å². The van der Waals surface area contributed by atoms with Gasteiger partial charge >= 0.3 is 0 Å². The van der Waals surface area contributed by atoms with Gasteiger partial charge in [-0.15, -0.1) is 11.3 Å². The Morgan fingerprint density at radius 1 is 1.11 bits per heavy atom. The fourth-order valence-corrected chi connectivity index (χ4v) is 3.55. The van der Waals surface area contributed by atoms with Crippen molar-refractivity contribution in [3.63, 3.8) is 0 Å². The van der Waals surface area contributed by atoms with Crippen molar-refractivity contribution in [1.82, 2.24) is 4.98 Å². The first kappa shape index (κ1) is 19.1. The molecule has 0 aliphatic carbocycles. The number of aromatic nitrogens is 1. The number of thiazole rings is 1. The number of hydrogen-bond acceptors (Lipinski definition) is 4. The molecule has 0 saturated carbocycles. The van der Waals surface area contributed by atoms with Gasteiger partial charge in [0.05, 0.1) is 10.7 Å². The summed E-state index contributed by atoms with van der Waals surface area (Å²) in [5.74, 6) is 0.536. The van der Waals surface area contributed by atoms with E-state index in [0.717, 1.165) is 40.4 Å². The average molecular weight is 381 g/mol. The summed E-state index contributed by atoms with van der Waals surface area (Å²) in [6.45, 7) is 6.56. The smallest absolute Gasteiger partial charge is 0.255 e. The van der Waals surface area contributed by atoms with Gasteiger partial charge in [0.2, 0.25) is 0 Å². The van der Waals surface area contributed by atoms with E-state index in [0.29, 0.717) is 17.9 Å². The molecule has 140 valence electrons. The van der Waals surface area contributed by atoms with Crippen LogP contribution in [0.25, 0.3) is 0 Å². The van der Waals surface area contributed by atoms with Crippen molar-refractivity contribution in [3.8, 4) is 5.75 Å². The Kier molecular flexibility index (Phi) is 6.24. The molecule has 4 nitrogen and oxygen atoms in total. The molecule has 5 heteroatoms. The van der Waals surface area contributed by atoms with Crippen LogP contribution in [0.2, 0.25) is 0 Å². The molecule has 1 N–H and O–H groups in total. The van der Waals surface area contributed by atoms with Crippen LogP contribution in [0.3, 0.4) is 0 Å². The second kappa shape index (κ2) is 8.82. The quantitative estimate of drug-likeness (QED) is 0.596. The van der Waals surface area contributed by atoms with Crippen molar-refractivity contribution in [2.24, 2.45) is 0 Å². The molecule has 0 unspecified atom stereocenters. The maximum absolute atomic E-state index is 12.8. The van der Waals surface area contributed by atoms with E-state index < -0.39 is 0 Å². The third-order valence-corrected chi connectivity index (χ3v) is 5.21. The number of aryl methyl sites for hydroxylation is 3. The van der Waals surface area contributed by atoms with Crippen LogP contribution < -0.4 is 10.1 Å². The topological polar surface area (TPSA) is 51.2 Å². The molecule has 0 atom stereocenters. The van der Waals surface area contributed by atoms with Gasteiger partial charge in [0, 0.05) is 16.6 Å².